The predicted octanol–water partition coefficient (Wildman–Crippen LogP) is 0.749. The minimum absolute atomic E-state index is 0.146. The van der Waals surface area contributed by atoms with E-state index in [4.69, 9.17) is 5.73 Å². The summed E-state index contributed by atoms with van der Waals surface area (Å²) in [6.45, 7) is 0. The molecule has 0 aliphatic heterocycles. The summed E-state index contributed by atoms with van der Waals surface area (Å²) in [6.07, 6.45) is 1.39. The second kappa shape index (κ2) is 2.53. The number of phenols is 3. The second-order valence-electron chi connectivity index (χ2n) is 3.31. The highest BCUT2D eigenvalue weighted by atomic mass is 16.3. The summed E-state index contributed by atoms with van der Waals surface area (Å²) in [5, 5.41) is 27.9. The Kier molecular flexibility index (Phi) is 1.60. The van der Waals surface area contributed by atoms with Crippen LogP contribution in [0.15, 0.2) is 6.07 Å². The van der Waals surface area contributed by atoms with E-state index in [1.807, 2.05) is 0 Å². The van der Waals surface area contributed by atoms with Crippen LogP contribution in [0.3, 0.4) is 0 Å². The van der Waals surface area contributed by atoms with Crippen molar-refractivity contribution in [3.8, 4) is 17.2 Å². The van der Waals surface area contributed by atoms with Crippen molar-refractivity contribution in [1.29, 1.82) is 0 Å². The Bertz CT molecular complexity index is 362. The van der Waals surface area contributed by atoms with Gasteiger partial charge in [-0.3, -0.25) is 0 Å². The highest BCUT2D eigenvalue weighted by Crippen LogP contribution is 2.45. The van der Waals surface area contributed by atoms with Crippen molar-refractivity contribution >= 4 is 0 Å². The van der Waals surface area contributed by atoms with Gasteiger partial charge in [-0.05, 0) is 24.5 Å². The molecule has 1 aromatic rings. The summed E-state index contributed by atoms with van der Waals surface area (Å²) in [4.78, 5) is 0. The van der Waals surface area contributed by atoms with E-state index >= 15 is 0 Å². The van der Waals surface area contributed by atoms with Crippen LogP contribution in [0, 0.1) is 0 Å². The molecular formula is C9H11NO3. The van der Waals surface area contributed by atoms with Gasteiger partial charge < -0.3 is 21.1 Å². The molecule has 0 saturated carbocycles. The zero-order valence-corrected chi connectivity index (χ0v) is 6.99. The monoisotopic (exact) mass is 181 g/mol. The van der Waals surface area contributed by atoms with Gasteiger partial charge in [-0.25, -0.2) is 0 Å². The van der Waals surface area contributed by atoms with E-state index in [-0.39, 0.29) is 17.5 Å². The van der Waals surface area contributed by atoms with Gasteiger partial charge in [0.25, 0.3) is 0 Å². The Balaban J connectivity index is 2.67. The first kappa shape index (κ1) is 8.19. The lowest BCUT2D eigenvalue weighted by Gasteiger charge is -2.08. The molecule has 1 aliphatic carbocycles. The number of benzene rings is 1. The maximum atomic E-state index is 9.45. The Labute approximate surface area is 75.2 Å². The molecular weight excluding hydrogens is 170 g/mol. The highest BCUT2D eigenvalue weighted by Gasteiger charge is 2.25. The fourth-order valence-electron chi connectivity index (χ4n) is 1.75. The minimum Gasteiger partial charge on any atom is -0.504 e. The number of hydrogen-bond donors (Lipinski definition) is 4. The molecule has 0 aromatic heterocycles. The number of fused-ring (bicyclic) bond motifs is 1. The summed E-state index contributed by atoms with van der Waals surface area (Å²) in [7, 11) is 0. The molecule has 2 rings (SSSR count). The summed E-state index contributed by atoms with van der Waals surface area (Å²) in [5.74, 6) is -0.996. The molecule has 0 radical (unpaired) electrons. The molecule has 13 heavy (non-hydrogen) atoms. The Morgan fingerprint density at radius 2 is 1.92 bits per heavy atom. The van der Waals surface area contributed by atoms with Crippen LogP contribution in [0.1, 0.15) is 23.6 Å². The van der Waals surface area contributed by atoms with E-state index in [9.17, 15) is 15.3 Å². The molecule has 0 fully saturated rings. The molecule has 0 amide bonds. The van der Waals surface area contributed by atoms with Crippen LogP contribution in [-0.4, -0.2) is 15.3 Å². The van der Waals surface area contributed by atoms with Gasteiger partial charge in [0.2, 0.25) is 5.75 Å². The number of aromatic hydroxyl groups is 3. The van der Waals surface area contributed by atoms with Crippen LogP contribution in [-0.2, 0) is 6.42 Å². The summed E-state index contributed by atoms with van der Waals surface area (Å²) in [5.41, 5.74) is 7.12. The Morgan fingerprint density at radius 1 is 1.23 bits per heavy atom. The first-order valence-electron chi connectivity index (χ1n) is 4.13. The fraction of sp³-hybridized carbons (Fsp3) is 0.333. The van der Waals surface area contributed by atoms with Gasteiger partial charge in [-0.15, -0.1) is 0 Å². The number of phenolic OH excluding ortho intramolecular Hbond substituents is 3. The van der Waals surface area contributed by atoms with Gasteiger partial charge in [0.15, 0.2) is 11.5 Å². The summed E-state index contributed by atoms with van der Waals surface area (Å²) < 4.78 is 0. The maximum absolute atomic E-state index is 9.45. The topological polar surface area (TPSA) is 86.7 Å². The molecule has 70 valence electrons. The Hall–Kier alpha value is -1.42. The molecule has 4 heteroatoms. The first-order valence-corrected chi connectivity index (χ1v) is 4.13. The molecule has 4 nitrogen and oxygen atoms in total. The number of hydrogen-bond acceptors (Lipinski definition) is 4. The SMILES string of the molecule is NC1CCc2c1cc(O)c(O)c2O. The third-order valence-corrected chi connectivity index (χ3v) is 2.50. The van der Waals surface area contributed by atoms with Crippen molar-refractivity contribution in [2.45, 2.75) is 18.9 Å². The van der Waals surface area contributed by atoms with Crippen molar-refractivity contribution in [2.24, 2.45) is 5.73 Å². The lowest BCUT2D eigenvalue weighted by molar-refractivity contribution is 0.365. The lowest BCUT2D eigenvalue weighted by Crippen LogP contribution is -2.04. The van der Waals surface area contributed by atoms with Gasteiger partial charge in [-0.2, -0.15) is 0 Å². The molecule has 1 aliphatic rings. The van der Waals surface area contributed by atoms with Gasteiger partial charge in [0, 0.05) is 11.6 Å². The van der Waals surface area contributed by atoms with E-state index in [2.05, 4.69) is 0 Å². The molecule has 1 aromatic carbocycles. The number of nitrogens with two attached hydrogens (primary N) is 1. The number of rotatable bonds is 0. The van der Waals surface area contributed by atoms with Crippen LogP contribution in [0.2, 0.25) is 0 Å². The van der Waals surface area contributed by atoms with E-state index in [1.54, 1.807) is 0 Å². The fourth-order valence-corrected chi connectivity index (χ4v) is 1.75. The van der Waals surface area contributed by atoms with Crippen molar-refractivity contribution in [3.05, 3.63) is 17.2 Å². The van der Waals surface area contributed by atoms with Crippen LogP contribution in [0.5, 0.6) is 17.2 Å². The Morgan fingerprint density at radius 3 is 2.62 bits per heavy atom. The predicted molar refractivity (Wildman–Crippen MR) is 46.7 cm³/mol. The average Bonchev–Trinajstić information content (AvgIpc) is 2.45. The molecule has 0 bridgehead atoms. The molecule has 0 spiro atoms. The maximum Gasteiger partial charge on any atom is 0.200 e. The van der Waals surface area contributed by atoms with E-state index in [0.717, 1.165) is 12.0 Å². The van der Waals surface area contributed by atoms with E-state index in [1.165, 1.54) is 6.07 Å². The van der Waals surface area contributed by atoms with Crippen molar-refractivity contribution in [3.63, 3.8) is 0 Å². The van der Waals surface area contributed by atoms with Crippen LogP contribution in [0.4, 0.5) is 0 Å². The molecule has 0 saturated heterocycles. The molecule has 5 N–H and O–H groups in total. The van der Waals surface area contributed by atoms with Crippen LogP contribution < -0.4 is 5.73 Å². The highest BCUT2D eigenvalue weighted by molar-refractivity contribution is 5.59. The lowest BCUT2D eigenvalue weighted by atomic mass is 10.1. The van der Waals surface area contributed by atoms with E-state index in [0.29, 0.717) is 12.0 Å². The largest absolute Gasteiger partial charge is 0.504 e. The zero-order chi connectivity index (χ0) is 9.59. The second-order valence-corrected chi connectivity index (χ2v) is 3.31. The van der Waals surface area contributed by atoms with Crippen molar-refractivity contribution in [2.75, 3.05) is 0 Å². The van der Waals surface area contributed by atoms with Crippen molar-refractivity contribution in [1.82, 2.24) is 0 Å². The van der Waals surface area contributed by atoms with Gasteiger partial charge >= 0.3 is 0 Å². The van der Waals surface area contributed by atoms with Gasteiger partial charge in [0.05, 0.1) is 0 Å². The molecule has 1 unspecified atom stereocenters. The van der Waals surface area contributed by atoms with Crippen LogP contribution in [0.25, 0.3) is 0 Å². The normalized spacial score (nSPS) is 20.2. The van der Waals surface area contributed by atoms with Gasteiger partial charge in [0.1, 0.15) is 0 Å². The zero-order valence-electron chi connectivity index (χ0n) is 6.99. The average molecular weight is 181 g/mol. The van der Waals surface area contributed by atoms with Crippen LogP contribution >= 0.6 is 0 Å². The third-order valence-electron chi connectivity index (χ3n) is 2.50. The molecule has 1 atom stereocenters. The summed E-state index contributed by atoms with van der Waals surface area (Å²) in [6, 6.07) is 1.27. The minimum atomic E-state index is -0.451. The van der Waals surface area contributed by atoms with Crippen molar-refractivity contribution < 1.29 is 15.3 Å². The quantitative estimate of drug-likeness (QED) is 0.445. The molecule has 0 heterocycles. The van der Waals surface area contributed by atoms with Gasteiger partial charge in [-0.1, -0.05) is 0 Å². The third kappa shape index (κ3) is 1.02. The standard InChI is InChI=1S/C9H11NO3/c10-6-2-1-4-5(6)3-7(11)9(13)8(4)12/h3,6,11-13H,1-2,10H2. The first-order chi connectivity index (χ1) is 6.11. The van der Waals surface area contributed by atoms with E-state index < -0.39 is 5.75 Å². The summed E-state index contributed by atoms with van der Waals surface area (Å²) >= 11 is 0. The smallest absolute Gasteiger partial charge is 0.200 e.